The Morgan fingerprint density at radius 3 is 2.28 bits per heavy atom. The molecule has 0 aliphatic carbocycles. The van der Waals surface area contributed by atoms with Crippen LogP contribution in [0.2, 0.25) is 0 Å². The number of hydrogen-bond acceptors (Lipinski definition) is 6. The fraction of sp³-hybridized carbons (Fsp3) is 0.375. The number of carbonyl (C=O) groups is 3. The number of ketones is 1. The molecule has 3 rings (SSSR count). The van der Waals surface area contributed by atoms with Gasteiger partial charge in [0.25, 0.3) is 5.91 Å². The Morgan fingerprint density at radius 1 is 1.00 bits per heavy atom. The van der Waals surface area contributed by atoms with Gasteiger partial charge in [-0.05, 0) is 49.2 Å². The molecule has 1 aliphatic heterocycles. The van der Waals surface area contributed by atoms with Crippen molar-refractivity contribution in [1.29, 1.82) is 0 Å². The lowest BCUT2D eigenvalue weighted by Crippen LogP contribution is -2.50. The van der Waals surface area contributed by atoms with Crippen LogP contribution in [0.5, 0.6) is 5.75 Å². The van der Waals surface area contributed by atoms with Gasteiger partial charge >= 0.3 is 5.97 Å². The lowest BCUT2D eigenvalue weighted by molar-refractivity contribution is -0.152. The van der Waals surface area contributed by atoms with Crippen LogP contribution >= 0.6 is 0 Å². The summed E-state index contributed by atoms with van der Waals surface area (Å²) in [5.74, 6) is -0.596. The number of amides is 1. The fourth-order valence-electron chi connectivity index (χ4n) is 3.52. The Morgan fingerprint density at radius 2 is 1.69 bits per heavy atom. The van der Waals surface area contributed by atoms with Crippen LogP contribution in [-0.4, -0.2) is 62.5 Å². The largest absolute Gasteiger partial charge is 0.497 e. The highest BCUT2D eigenvalue weighted by molar-refractivity contribution is 5.94. The van der Waals surface area contributed by atoms with Gasteiger partial charge in [0.15, 0.2) is 12.4 Å². The number of hydrogen-bond donors (Lipinski definition) is 0. The zero-order valence-corrected chi connectivity index (χ0v) is 18.3. The summed E-state index contributed by atoms with van der Waals surface area (Å²) < 4.78 is 24.6. The van der Waals surface area contributed by atoms with E-state index >= 15 is 0 Å². The summed E-state index contributed by atoms with van der Waals surface area (Å²) in [5.41, 5.74) is 1.72. The van der Waals surface area contributed by atoms with Crippen LogP contribution < -0.4 is 9.64 Å². The van der Waals surface area contributed by atoms with E-state index in [1.807, 2.05) is 29.2 Å². The first-order chi connectivity index (χ1) is 15.4. The van der Waals surface area contributed by atoms with Crippen LogP contribution in [0.25, 0.3) is 0 Å². The topological polar surface area (TPSA) is 76.2 Å². The van der Waals surface area contributed by atoms with Gasteiger partial charge in [0.05, 0.1) is 12.8 Å². The first kappa shape index (κ1) is 23.2. The number of rotatable bonds is 8. The molecule has 0 radical (unpaired) electrons. The molecule has 1 heterocycles. The van der Waals surface area contributed by atoms with Crippen molar-refractivity contribution in [2.75, 3.05) is 44.8 Å². The van der Waals surface area contributed by atoms with Crippen molar-refractivity contribution in [3.05, 3.63) is 59.4 Å². The summed E-state index contributed by atoms with van der Waals surface area (Å²) in [7, 11) is 1.59. The molecule has 8 heteroatoms. The monoisotopic (exact) mass is 442 g/mol. The maximum absolute atomic E-state index is 14.4. The number of Topliss-reactive ketones (excluding diaryl/α,β-unsaturated/α-hetero) is 1. The maximum Gasteiger partial charge on any atom is 0.306 e. The number of piperazine rings is 1. The normalized spacial score (nSPS) is 13.6. The zero-order chi connectivity index (χ0) is 23.1. The third-order valence-corrected chi connectivity index (χ3v) is 5.46. The van der Waals surface area contributed by atoms with Gasteiger partial charge < -0.3 is 19.3 Å². The lowest BCUT2D eigenvalue weighted by Gasteiger charge is -2.36. The van der Waals surface area contributed by atoms with E-state index < -0.39 is 11.8 Å². The standard InChI is InChI=1S/C24H27FN2O5/c1-17(28)19-6-9-22(21(25)15-19)26-11-13-27(14-12-26)23(29)16-32-24(30)10-5-18-3-7-20(31-2)8-4-18/h3-4,6-9,15H,5,10-14,16H2,1-2H3. The van der Waals surface area contributed by atoms with Gasteiger partial charge in [-0.25, -0.2) is 4.39 Å². The van der Waals surface area contributed by atoms with E-state index in [1.54, 1.807) is 24.1 Å². The van der Waals surface area contributed by atoms with Crippen molar-refractivity contribution in [1.82, 2.24) is 4.90 Å². The van der Waals surface area contributed by atoms with Gasteiger partial charge in [-0.2, -0.15) is 0 Å². The Balaban J connectivity index is 1.41. The molecule has 170 valence electrons. The summed E-state index contributed by atoms with van der Waals surface area (Å²) in [6, 6.07) is 11.8. The molecule has 2 aromatic carbocycles. The van der Waals surface area contributed by atoms with Crippen molar-refractivity contribution in [3.63, 3.8) is 0 Å². The molecule has 1 amide bonds. The van der Waals surface area contributed by atoms with Crippen LogP contribution in [0, 0.1) is 5.82 Å². The van der Waals surface area contributed by atoms with Crippen LogP contribution in [0.1, 0.15) is 29.3 Å². The molecular formula is C24H27FN2O5. The van der Waals surface area contributed by atoms with Gasteiger partial charge in [-0.1, -0.05) is 12.1 Å². The average molecular weight is 442 g/mol. The second-order valence-electron chi connectivity index (χ2n) is 7.60. The predicted octanol–water partition coefficient (Wildman–Crippen LogP) is 2.86. The van der Waals surface area contributed by atoms with E-state index in [0.717, 1.165) is 11.3 Å². The number of carbonyl (C=O) groups excluding carboxylic acids is 3. The van der Waals surface area contributed by atoms with Gasteiger partial charge in [0.1, 0.15) is 11.6 Å². The molecule has 0 aromatic heterocycles. The highest BCUT2D eigenvalue weighted by atomic mass is 19.1. The van der Waals surface area contributed by atoms with Crippen LogP contribution in [0.4, 0.5) is 10.1 Å². The molecular weight excluding hydrogens is 415 g/mol. The highest BCUT2D eigenvalue weighted by Gasteiger charge is 2.24. The van der Waals surface area contributed by atoms with Crippen LogP contribution in [-0.2, 0) is 20.7 Å². The average Bonchev–Trinajstić information content (AvgIpc) is 2.81. The Labute approximate surface area is 186 Å². The van der Waals surface area contributed by atoms with Crippen molar-refractivity contribution in [2.45, 2.75) is 19.8 Å². The third kappa shape index (κ3) is 6.06. The summed E-state index contributed by atoms with van der Waals surface area (Å²) in [4.78, 5) is 39.2. The van der Waals surface area contributed by atoms with Crippen LogP contribution in [0.3, 0.4) is 0 Å². The van der Waals surface area contributed by atoms with Crippen molar-refractivity contribution >= 4 is 23.3 Å². The molecule has 2 aromatic rings. The Hall–Kier alpha value is -3.42. The minimum atomic E-state index is -0.455. The molecule has 1 aliphatic rings. The molecule has 0 bridgehead atoms. The SMILES string of the molecule is COc1ccc(CCC(=O)OCC(=O)N2CCN(c3ccc(C(C)=O)cc3F)CC2)cc1. The fourth-order valence-corrected chi connectivity index (χ4v) is 3.52. The molecule has 0 unspecified atom stereocenters. The van der Waals surface area contributed by atoms with E-state index in [4.69, 9.17) is 9.47 Å². The van der Waals surface area contributed by atoms with Crippen molar-refractivity contribution in [3.8, 4) is 5.75 Å². The van der Waals surface area contributed by atoms with Gasteiger partial charge in [-0.15, -0.1) is 0 Å². The Bertz CT molecular complexity index is 969. The number of halogens is 1. The predicted molar refractivity (Wildman–Crippen MR) is 117 cm³/mol. The summed E-state index contributed by atoms with van der Waals surface area (Å²) in [6.45, 7) is 2.79. The summed E-state index contributed by atoms with van der Waals surface area (Å²) in [6.07, 6.45) is 0.701. The second kappa shape index (κ2) is 10.7. The molecule has 1 saturated heterocycles. The number of methoxy groups -OCH3 is 1. The molecule has 0 N–H and O–H groups in total. The zero-order valence-electron chi connectivity index (χ0n) is 18.3. The molecule has 32 heavy (non-hydrogen) atoms. The highest BCUT2D eigenvalue weighted by Crippen LogP contribution is 2.22. The van der Waals surface area contributed by atoms with Gasteiger partial charge in [0.2, 0.25) is 0 Å². The van der Waals surface area contributed by atoms with E-state index in [2.05, 4.69) is 0 Å². The second-order valence-corrected chi connectivity index (χ2v) is 7.60. The first-order valence-electron chi connectivity index (χ1n) is 10.5. The molecule has 0 spiro atoms. The van der Waals surface area contributed by atoms with E-state index in [-0.39, 0.29) is 24.7 Å². The lowest BCUT2D eigenvalue weighted by atomic mass is 10.1. The van der Waals surface area contributed by atoms with E-state index in [1.165, 1.54) is 13.0 Å². The van der Waals surface area contributed by atoms with Crippen LogP contribution in [0.15, 0.2) is 42.5 Å². The van der Waals surface area contributed by atoms with E-state index in [0.29, 0.717) is 43.9 Å². The third-order valence-electron chi connectivity index (χ3n) is 5.46. The number of benzene rings is 2. The Kier molecular flexibility index (Phi) is 7.81. The van der Waals surface area contributed by atoms with Crippen molar-refractivity contribution < 1.29 is 28.2 Å². The number of esters is 1. The maximum atomic E-state index is 14.4. The molecule has 7 nitrogen and oxygen atoms in total. The van der Waals surface area contributed by atoms with Gasteiger partial charge in [0, 0.05) is 38.2 Å². The smallest absolute Gasteiger partial charge is 0.306 e. The van der Waals surface area contributed by atoms with E-state index in [9.17, 15) is 18.8 Å². The number of ether oxygens (including phenoxy) is 2. The molecule has 0 saturated carbocycles. The van der Waals surface area contributed by atoms with Crippen molar-refractivity contribution in [2.24, 2.45) is 0 Å². The number of nitrogens with zero attached hydrogens (tertiary/aromatic N) is 2. The molecule has 0 atom stereocenters. The minimum absolute atomic E-state index is 0.183. The summed E-state index contributed by atoms with van der Waals surface area (Å²) >= 11 is 0. The number of aryl methyl sites for hydroxylation is 1. The molecule has 1 fully saturated rings. The van der Waals surface area contributed by atoms with Gasteiger partial charge in [-0.3, -0.25) is 14.4 Å². The quantitative estimate of drug-likeness (QED) is 0.462. The first-order valence-corrected chi connectivity index (χ1v) is 10.5. The minimum Gasteiger partial charge on any atom is -0.497 e. The summed E-state index contributed by atoms with van der Waals surface area (Å²) in [5, 5.41) is 0. The number of anilines is 1.